The van der Waals surface area contributed by atoms with E-state index in [9.17, 15) is 4.39 Å². The molecule has 0 fully saturated rings. The van der Waals surface area contributed by atoms with E-state index in [1.807, 2.05) is 12.1 Å². The van der Waals surface area contributed by atoms with Crippen LogP contribution in [0.1, 0.15) is 43.6 Å². The fourth-order valence-electron chi connectivity index (χ4n) is 2.18. The van der Waals surface area contributed by atoms with Crippen LogP contribution in [-0.4, -0.2) is 4.98 Å². The summed E-state index contributed by atoms with van der Waals surface area (Å²) >= 11 is 3.48. The van der Waals surface area contributed by atoms with E-state index in [0.717, 1.165) is 16.6 Å². The van der Waals surface area contributed by atoms with Gasteiger partial charge in [-0.25, -0.2) is 4.39 Å². The summed E-state index contributed by atoms with van der Waals surface area (Å²) in [5, 5.41) is 3.54. The van der Waals surface area contributed by atoms with Crippen molar-refractivity contribution in [1.82, 2.24) is 10.3 Å². The maximum atomic E-state index is 12.9. The molecule has 0 aliphatic carbocycles. The molecule has 106 valence electrons. The Hall–Kier alpha value is -1.26. The van der Waals surface area contributed by atoms with Crippen molar-refractivity contribution in [2.24, 2.45) is 0 Å². The van der Waals surface area contributed by atoms with Crippen LogP contribution in [-0.2, 0) is 0 Å². The van der Waals surface area contributed by atoms with Crippen molar-refractivity contribution in [2.75, 3.05) is 0 Å². The lowest BCUT2D eigenvalue weighted by atomic mass is 10.0. The van der Waals surface area contributed by atoms with Crippen LogP contribution in [0.2, 0.25) is 0 Å². The summed E-state index contributed by atoms with van der Waals surface area (Å²) in [7, 11) is 0. The standard InChI is InChI=1S/C16H18BrFN2/c1-3-15(16-8-7-14(18)10-19-16)20-11(2)12-5-4-6-13(17)9-12/h4-11,15,20H,3H2,1-2H3. The van der Waals surface area contributed by atoms with Gasteiger partial charge in [0.25, 0.3) is 0 Å². The summed E-state index contributed by atoms with van der Waals surface area (Å²) in [4.78, 5) is 4.17. The number of hydrogen-bond acceptors (Lipinski definition) is 2. The van der Waals surface area contributed by atoms with Gasteiger partial charge in [0.05, 0.1) is 11.9 Å². The van der Waals surface area contributed by atoms with Crippen molar-refractivity contribution in [3.8, 4) is 0 Å². The van der Waals surface area contributed by atoms with Crippen molar-refractivity contribution < 1.29 is 4.39 Å². The summed E-state index contributed by atoms with van der Waals surface area (Å²) in [5.74, 6) is -0.302. The van der Waals surface area contributed by atoms with Crippen LogP contribution in [0.5, 0.6) is 0 Å². The third-order valence-corrected chi connectivity index (χ3v) is 3.81. The van der Waals surface area contributed by atoms with E-state index in [1.165, 1.54) is 17.8 Å². The number of nitrogens with zero attached hydrogens (tertiary/aromatic N) is 1. The van der Waals surface area contributed by atoms with Gasteiger partial charge in [0.15, 0.2) is 0 Å². The summed E-state index contributed by atoms with van der Waals surface area (Å²) in [6, 6.07) is 11.7. The van der Waals surface area contributed by atoms with Gasteiger partial charge in [-0.05, 0) is 43.2 Å². The Labute approximate surface area is 127 Å². The highest BCUT2D eigenvalue weighted by atomic mass is 79.9. The molecule has 0 radical (unpaired) electrons. The van der Waals surface area contributed by atoms with Gasteiger partial charge in [0, 0.05) is 16.6 Å². The molecule has 0 saturated heterocycles. The largest absolute Gasteiger partial charge is 0.302 e. The lowest BCUT2D eigenvalue weighted by Crippen LogP contribution is -2.25. The second kappa shape index (κ2) is 6.95. The van der Waals surface area contributed by atoms with E-state index in [4.69, 9.17) is 0 Å². The van der Waals surface area contributed by atoms with Crippen molar-refractivity contribution in [3.05, 3.63) is 64.1 Å². The smallest absolute Gasteiger partial charge is 0.141 e. The van der Waals surface area contributed by atoms with E-state index in [0.29, 0.717) is 0 Å². The molecule has 1 heterocycles. The highest BCUT2D eigenvalue weighted by Crippen LogP contribution is 2.23. The molecule has 0 aliphatic rings. The van der Waals surface area contributed by atoms with Crippen LogP contribution in [0.15, 0.2) is 47.1 Å². The van der Waals surface area contributed by atoms with Crippen molar-refractivity contribution >= 4 is 15.9 Å². The SMILES string of the molecule is CCC(NC(C)c1cccc(Br)c1)c1ccc(F)cn1. The monoisotopic (exact) mass is 336 g/mol. The van der Waals surface area contributed by atoms with Crippen LogP contribution in [0, 0.1) is 5.82 Å². The van der Waals surface area contributed by atoms with E-state index in [2.05, 4.69) is 52.2 Å². The first-order chi connectivity index (χ1) is 9.60. The summed E-state index contributed by atoms with van der Waals surface area (Å²) in [6.45, 7) is 4.21. The first kappa shape index (κ1) is 15.1. The van der Waals surface area contributed by atoms with Gasteiger partial charge in [0.1, 0.15) is 5.82 Å². The molecule has 2 atom stereocenters. The van der Waals surface area contributed by atoms with Gasteiger partial charge in [-0.1, -0.05) is 35.0 Å². The Bertz CT molecular complexity index is 557. The Balaban J connectivity index is 2.11. The van der Waals surface area contributed by atoms with Crippen LogP contribution in [0.3, 0.4) is 0 Å². The minimum Gasteiger partial charge on any atom is -0.302 e. The fourth-order valence-corrected chi connectivity index (χ4v) is 2.60. The van der Waals surface area contributed by atoms with Gasteiger partial charge in [-0.2, -0.15) is 0 Å². The molecule has 0 aliphatic heterocycles. The molecule has 1 aromatic carbocycles. The van der Waals surface area contributed by atoms with Gasteiger partial charge < -0.3 is 5.32 Å². The molecule has 2 nitrogen and oxygen atoms in total. The molecule has 20 heavy (non-hydrogen) atoms. The number of rotatable bonds is 5. The predicted molar refractivity (Wildman–Crippen MR) is 82.9 cm³/mol. The zero-order valence-corrected chi connectivity index (χ0v) is 13.2. The summed E-state index contributed by atoms with van der Waals surface area (Å²) in [5.41, 5.74) is 2.08. The third kappa shape index (κ3) is 3.87. The van der Waals surface area contributed by atoms with Gasteiger partial charge in [0.2, 0.25) is 0 Å². The van der Waals surface area contributed by atoms with Gasteiger partial charge in [-0.15, -0.1) is 0 Å². The maximum Gasteiger partial charge on any atom is 0.141 e. The van der Waals surface area contributed by atoms with Crippen LogP contribution >= 0.6 is 15.9 Å². The first-order valence-corrected chi connectivity index (χ1v) is 7.52. The van der Waals surface area contributed by atoms with Crippen molar-refractivity contribution in [3.63, 3.8) is 0 Å². The Morgan fingerprint density at radius 1 is 1.30 bits per heavy atom. The molecule has 1 aromatic heterocycles. The number of aromatic nitrogens is 1. The lowest BCUT2D eigenvalue weighted by molar-refractivity contribution is 0.446. The maximum absolute atomic E-state index is 12.9. The normalized spacial score (nSPS) is 14.0. The fraction of sp³-hybridized carbons (Fsp3) is 0.312. The average Bonchev–Trinajstić information content (AvgIpc) is 2.45. The quantitative estimate of drug-likeness (QED) is 0.849. The van der Waals surface area contributed by atoms with Crippen molar-refractivity contribution in [2.45, 2.75) is 32.4 Å². The minimum absolute atomic E-state index is 0.115. The molecule has 0 bridgehead atoms. The number of nitrogens with one attached hydrogen (secondary N) is 1. The molecule has 0 amide bonds. The number of halogens is 2. The zero-order chi connectivity index (χ0) is 14.5. The average molecular weight is 337 g/mol. The Kier molecular flexibility index (Phi) is 5.26. The highest BCUT2D eigenvalue weighted by molar-refractivity contribution is 9.10. The highest BCUT2D eigenvalue weighted by Gasteiger charge is 2.15. The van der Waals surface area contributed by atoms with Crippen molar-refractivity contribution in [1.29, 1.82) is 0 Å². The van der Waals surface area contributed by atoms with E-state index in [1.54, 1.807) is 6.07 Å². The first-order valence-electron chi connectivity index (χ1n) is 6.73. The number of benzene rings is 1. The number of pyridine rings is 1. The topological polar surface area (TPSA) is 24.9 Å². The second-order valence-corrected chi connectivity index (χ2v) is 5.72. The van der Waals surface area contributed by atoms with Crippen LogP contribution < -0.4 is 5.32 Å². The Morgan fingerprint density at radius 2 is 2.10 bits per heavy atom. The molecular formula is C16H18BrFN2. The van der Waals surface area contributed by atoms with Gasteiger partial charge >= 0.3 is 0 Å². The number of hydrogen-bond donors (Lipinski definition) is 1. The van der Waals surface area contributed by atoms with Crippen LogP contribution in [0.4, 0.5) is 4.39 Å². The van der Waals surface area contributed by atoms with E-state index in [-0.39, 0.29) is 17.9 Å². The third-order valence-electron chi connectivity index (χ3n) is 3.32. The van der Waals surface area contributed by atoms with Gasteiger partial charge in [-0.3, -0.25) is 4.98 Å². The van der Waals surface area contributed by atoms with E-state index >= 15 is 0 Å². The summed E-state index contributed by atoms with van der Waals surface area (Å²) in [6.07, 6.45) is 2.17. The molecule has 2 aromatic rings. The van der Waals surface area contributed by atoms with E-state index < -0.39 is 0 Å². The molecule has 0 saturated carbocycles. The molecule has 2 unspecified atom stereocenters. The molecule has 2 rings (SSSR count). The van der Waals surface area contributed by atoms with Crippen LogP contribution in [0.25, 0.3) is 0 Å². The molecule has 0 spiro atoms. The predicted octanol–water partition coefficient (Wildman–Crippen LogP) is 4.79. The lowest BCUT2D eigenvalue weighted by Gasteiger charge is -2.22. The second-order valence-electron chi connectivity index (χ2n) is 4.81. The molecule has 1 N–H and O–H groups in total. The Morgan fingerprint density at radius 3 is 2.70 bits per heavy atom. The summed E-state index contributed by atoms with van der Waals surface area (Å²) < 4.78 is 14.0. The molecule has 4 heteroatoms. The zero-order valence-electron chi connectivity index (χ0n) is 11.6. The molecular weight excluding hydrogens is 319 g/mol. The minimum atomic E-state index is -0.302.